The zero-order valence-electron chi connectivity index (χ0n) is 12.7. The molecule has 5 nitrogen and oxygen atoms in total. The SMILES string of the molecule is CC(C)Oc1ccc(/C=N/NS(=O)(=O)c2ccccc2)cc1Br. The predicted octanol–water partition coefficient (Wildman–Crippen LogP) is 3.55. The third-order valence-corrected chi connectivity index (χ3v) is 4.62. The predicted molar refractivity (Wildman–Crippen MR) is 94.3 cm³/mol. The summed E-state index contributed by atoms with van der Waals surface area (Å²) < 4.78 is 30.4. The van der Waals surface area contributed by atoms with Gasteiger partial charge in [0.15, 0.2) is 0 Å². The summed E-state index contributed by atoms with van der Waals surface area (Å²) in [7, 11) is -3.65. The Morgan fingerprint density at radius 2 is 1.87 bits per heavy atom. The van der Waals surface area contributed by atoms with E-state index in [1.54, 1.807) is 36.4 Å². The van der Waals surface area contributed by atoms with E-state index < -0.39 is 10.0 Å². The molecular formula is C16H17BrN2O3S. The molecule has 0 amide bonds. The van der Waals surface area contributed by atoms with Gasteiger partial charge in [0.25, 0.3) is 10.0 Å². The summed E-state index contributed by atoms with van der Waals surface area (Å²) in [5, 5.41) is 3.80. The molecule has 0 unspecified atom stereocenters. The molecule has 2 aromatic rings. The van der Waals surface area contributed by atoms with E-state index in [2.05, 4.69) is 25.9 Å². The van der Waals surface area contributed by atoms with E-state index in [0.717, 1.165) is 15.8 Å². The fourth-order valence-corrected chi connectivity index (χ4v) is 3.07. The maximum atomic E-state index is 12.0. The minimum atomic E-state index is -3.65. The van der Waals surface area contributed by atoms with Crippen LogP contribution in [-0.2, 0) is 10.0 Å². The van der Waals surface area contributed by atoms with Gasteiger partial charge in [0, 0.05) is 0 Å². The average molecular weight is 397 g/mol. The van der Waals surface area contributed by atoms with E-state index >= 15 is 0 Å². The maximum Gasteiger partial charge on any atom is 0.276 e. The van der Waals surface area contributed by atoms with Gasteiger partial charge in [-0.2, -0.15) is 13.5 Å². The van der Waals surface area contributed by atoms with Crippen molar-refractivity contribution in [3.05, 3.63) is 58.6 Å². The molecule has 0 heterocycles. The smallest absolute Gasteiger partial charge is 0.276 e. The molecule has 1 N–H and O–H groups in total. The lowest BCUT2D eigenvalue weighted by Gasteiger charge is -2.11. The van der Waals surface area contributed by atoms with Gasteiger partial charge in [0.1, 0.15) is 5.75 Å². The minimum Gasteiger partial charge on any atom is -0.490 e. The van der Waals surface area contributed by atoms with Crippen molar-refractivity contribution in [1.29, 1.82) is 0 Å². The van der Waals surface area contributed by atoms with Crippen LogP contribution in [0, 0.1) is 0 Å². The number of hydrogen-bond donors (Lipinski definition) is 1. The number of ether oxygens (including phenoxy) is 1. The second-order valence-corrected chi connectivity index (χ2v) is 7.54. The highest BCUT2D eigenvalue weighted by Crippen LogP contribution is 2.26. The van der Waals surface area contributed by atoms with Crippen LogP contribution in [0.25, 0.3) is 0 Å². The van der Waals surface area contributed by atoms with E-state index in [1.165, 1.54) is 18.3 Å². The zero-order chi connectivity index (χ0) is 16.9. The van der Waals surface area contributed by atoms with Crippen LogP contribution >= 0.6 is 15.9 Å². The van der Waals surface area contributed by atoms with Gasteiger partial charge in [0.2, 0.25) is 0 Å². The first-order chi connectivity index (χ1) is 10.9. The van der Waals surface area contributed by atoms with Crippen molar-refractivity contribution in [2.75, 3.05) is 0 Å². The Morgan fingerprint density at radius 1 is 1.17 bits per heavy atom. The van der Waals surface area contributed by atoms with Crippen LogP contribution in [-0.4, -0.2) is 20.7 Å². The molecule has 0 aliphatic rings. The molecule has 0 fully saturated rings. The Hall–Kier alpha value is -1.86. The molecule has 0 aliphatic carbocycles. The summed E-state index contributed by atoms with van der Waals surface area (Å²) in [5.74, 6) is 0.724. The monoisotopic (exact) mass is 396 g/mol. The van der Waals surface area contributed by atoms with Crippen LogP contribution in [0.1, 0.15) is 19.4 Å². The third kappa shape index (κ3) is 5.07. The molecule has 0 saturated heterocycles. The van der Waals surface area contributed by atoms with Crippen molar-refractivity contribution < 1.29 is 13.2 Å². The van der Waals surface area contributed by atoms with E-state index in [9.17, 15) is 8.42 Å². The number of nitrogens with one attached hydrogen (secondary N) is 1. The molecule has 0 aliphatic heterocycles. The van der Waals surface area contributed by atoms with Crippen molar-refractivity contribution in [3.63, 3.8) is 0 Å². The summed E-state index contributed by atoms with van der Waals surface area (Å²) in [5.41, 5.74) is 0.740. The van der Waals surface area contributed by atoms with Crippen LogP contribution in [0.4, 0.5) is 0 Å². The van der Waals surface area contributed by atoms with E-state index in [-0.39, 0.29) is 11.0 Å². The summed E-state index contributed by atoms with van der Waals surface area (Å²) >= 11 is 3.42. The lowest BCUT2D eigenvalue weighted by Crippen LogP contribution is -2.18. The molecule has 0 radical (unpaired) electrons. The summed E-state index contributed by atoms with van der Waals surface area (Å²) in [6.45, 7) is 3.89. The number of halogens is 1. The van der Waals surface area contributed by atoms with Gasteiger partial charge in [-0.25, -0.2) is 4.83 Å². The Labute approximate surface area is 144 Å². The number of hydrazone groups is 1. The molecule has 23 heavy (non-hydrogen) atoms. The maximum absolute atomic E-state index is 12.0. The molecular weight excluding hydrogens is 380 g/mol. The number of sulfonamides is 1. The first kappa shape index (κ1) is 17.5. The summed E-state index contributed by atoms with van der Waals surface area (Å²) in [6.07, 6.45) is 1.51. The molecule has 0 atom stereocenters. The second kappa shape index (κ2) is 7.61. The van der Waals surface area contributed by atoms with Gasteiger partial charge in [0.05, 0.1) is 21.7 Å². The van der Waals surface area contributed by atoms with Gasteiger partial charge >= 0.3 is 0 Å². The van der Waals surface area contributed by atoms with E-state index in [1.807, 2.05) is 13.8 Å². The molecule has 2 rings (SSSR count). The van der Waals surface area contributed by atoms with Gasteiger partial charge in [-0.15, -0.1) is 0 Å². The van der Waals surface area contributed by atoms with E-state index in [0.29, 0.717) is 0 Å². The van der Waals surface area contributed by atoms with Crippen molar-refractivity contribution >= 4 is 32.2 Å². The number of rotatable bonds is 6. The van der Waals surface area contributed by atoms with Gasteiger partial charge < -0.3 is 4.74 Å². The Bertz CT molecular complexity index is 790. The highest BCUT2D eigenvalue weighted by Gasteiger charge is 2.11. The molecule has 0 aromatic heterocycles. The highest BCUT2D eigenvalue weighted by atomic mass is 79.9. The number of hydrogen-bond acceptors (Lipinski definition) is 4. The van der Waals surface area contributed by atoms with E-state index in [4.69, 9.17) is 4.74 Å². The summed E-state index contributed by atoms with van der Waals surface area (Å²) in [6, 6.07) is 13.5. The topological polar surface area (TPSA) is 67.8 Å². The largest absolute Gasteiger partial charge is 0.490 e. The Kier molecular flexibility index (Phi) is 5.79. The first-order valence-corrected chi connectivity index (χ1v) is 9.22. The number of nitrogens with zero attached hydrogens (tertiary/aromatic N) is 1. The minimum absolute atomic E-state index is 0.0727. The molecule has 0 bridgehead atoms. The molecule has 0 spiro atoms. The normalized spacial score (nSPS) is 11.8. The van der Waals surface area contributed by atoms with Crippen molar-refractivity contribution in [2.24, 2.45) is 5.10 Å². The quantitative estimate of drug-likeness (QED) is 0.599. The average Bonchev–Trinajstić information content (AvgIpc) is 2.50. The number of benzene rings is 2. The molecule has 122 valence electrons. The van der Waals surface area contributed by atoms with Crippen molar-refractivity contribution in [1.82, 2.24) is 4.83 Å². The van der Waals surface area contributed by atoms with Crippen LogP contribution < -0.4 is 9.57 Å². The summed E-state index contributed by atoms with van der Waals surface area (Å²) in [4.78, 5) is 2.35. The van der Waals surface area contributed by atoms with Crippen LogP contribution in [0.2, 0.25) is 0 Å². The van der Waals surface area contributed by atoms with Crippen LogP contribution in [0.5, 0.6) is 5.75 Å². The van der Waals surface area contributed by atoms with Crippen LogP contribution in [0.3, 0.4) is 0 Å². The Morgan fingerprint density at radius 3 is 2.48 bits per heavy atom. The Balaban J connectivity index is 2.08. The van der Waals surface area contributed by atoms with Crippen molar-refractivity contribution in [2.45, 2.75) is 24.8 Å². The van der Waals surface area contributed by atoms with Gasteiger partial charge in [-0.05, 0) is 65.7 Å². The van der Waals surface area contributed by atoms with Gasteiger partial charge in [-0.3, -0.25) is 0 Å². The molecule has 0 saturated carbocycles. The highest BCUT2D eigenvalue weighted by molar-refractivity contribution is 9.10. The molecule has 7 heteroatoms. The fraction of sp³-hybridized carbons (Fsp3) is 0.188. The lowest BCUT2D eigenvalue weighted by molar-refractivity contribution is 0.241. The van der Waals surface area contributed by atoms with Crippen molar-refractivity contribution in [3.8, 4) is 5.75 Å². The van der Waals surface area contributed by atoms with Crippen LogP contribution in [0.15, 0.2) is 63.0 Å². The second-order valence-electron chi connectivity index (χ2n) is 5.02. The fourth-order valence-electron chi connectivity index (χ4n) is 1.77. The standard InChI is InChI=1S/C16H17BrN2O3S/c1-12(2)22-16-9-8-13(10-15(16)17)11-18-19-23(20,21)14-6-4-3-5-7-14/h3-12,19H,1-2H3/b18-11+. The molecule has 2 aromatic carbocycles. The third-order valence-electron chi connectivity index (χ3n) is 2.76. The van der Waals surface area contributed by atoms with Gasteiger partial charge in [-0.1, -0.05) is 18.2 Å². The first-order valence-electron chi connectivity index (χ1n) is 6.94. The lowest BCUT2D eigenvalue weighted by atomic mass is 10.2. The zero-order valence-corrected chi connectivity index (χ0v) is 15.1.